The standard InChI is InChI=1S/C28H30N8O4/c1-3-35-22(12-17(2)34-35)27(39)33-28-32-21-13-19(26(29)38)14-23-25(21)36(28)20(16-40-23)7-5-11-31-24(37)9-8-18-6-4-10-30-15-18/h4,6,8-10,12-15,20H,3,5,7,11,16H2,1-2H3,(H2,29,38)(H,31,37)(H,32,33,39)/b9-8+/t20-/m0/s1. The number of aromatic nitrogens is 5. The highest BCUT2D eigenvalue weighted by molar-refractivity contribution is 6.04. The number of pyridine rings is 1. The number of hydrogen-bond donors (Lipinski definition) is 3. The number of aryl methyl sites for hydroxylation is 2. The Kier molecular flexibility index (Phi) is 7.58. The molecular weight excluding hydrogens is 512 g/mol. The first-order chi connectivity index (χ1) is 19.3. The molecular formula is C28H30N8O4. The van der Waals surface area contributed by atoms with Crippen LogP contribution in [0.3, 0.4) is 0 Å². The molecule has 3 aromatic heterocycles. The lowest BCUT2D eigenvalue weighted by Gasteiger charge is -2.27. The van der Waals surface area contributed by atoms with Crippen LogP contribution >= 0.6 is 0 Å². The zero-order valence-electron chi connectivity index (χ0n) is 22.3. The molecule has 0 bridgehead atoms. The first-order valence-electron chi connectivity index (χ1n) is 13.0. The van der Waals surface area contributed by atoms with Crippen molar-refractivity contribution in [3.8, 4) is 5.75 Å². The number of carbonyl (C=O) groups excluding carboxylic acids is 3. The normalized spacial score (nSPS) is 14.3. The van der Waals surface area contributed by atoms with E-state index in [1.807, 2.05) is 24.5 Å². The van der Waals surface area contributed by atoms with E-state index in [0.29, 0.717) is 61.0 Å². The first-order valence-corrected chi connectivity index (χ1v) is 13.0. The third kappa shape index (κ3) is 5.55. The second-order valence-electron chi connectivity index (χ2n) is 9.47. The molecule has 40 heavy (non-hydrogen) atoms. The Balaban J connectivity index is 1.34. The van der Waals surface area contributed by atoms with Gasteiger partial charge in [0, 0.05) is 37.1 Å². The molecule has 1 aliphatic rings. The second kappa shape index (κ2) is 11.4. The fourth-order valence-electron chi connectivity index (χ4n) is 4.75. The van der Waals surface area contributed by atoms with Gasteiger partial charge in [-0.05, 0) is 62.6 Å². The molecule has 3 amide bonds. The van der Waals surface area contributed by atoms with Gasteiger partial charge in [-0.15, -0.1) is 0 Å². The predicted molar refractivity (Wildman–Crippen MR) is 149 cm³/mol. The molecule has 12 heteroatoms. The average molecular weight is 543 g/mol. The average Bonchev–Trinajstić information content (AvgIpc) is 3.52. The number of hydrogen-bond acceptors (Lipinski definition) is 7. The molecule has 0 saturated heterocycles. The van der Waals surface area contributed by atoms with Crippen LogP contribution in [0.1, 0.15) is 57.9 Å². The van der Waals surface area contributed by atoms with Gasteiger partial charge in [0.1, 0.15) is 23.6 Å². The number of benzene rings is 1. The molecule has 1 atom stereocenters. The number of carbonyl (C=O) groups is 3. The molecule has 0 aliphatic carbocycles. The molecule has 0 unspecified atom stereocenters. The van der Waals surface area contributed by atoms with E-state index in [0.717, 1.165) is 11.3 Å². The third-order valence-corrected chi connectivity index (χ3v) is 6.62. The molecule has 0 radical (unpaired) electrons. The summed E-state index contributed by atoms with van der Waals surface area (Å²) in [7, 11) is 0. The lowest BCUT2D eigenvalue weighted by Crippen LogP contribution is -2.28. The van der Waals surface area contributed by atoms with Gasteiger partial charge in [-0.2, -0.15) is 5.10 Å². The lowest BCUT2D eigenvalue weighted by molar-refractivity contribution is -0.116. The molecule has 4 aromatic rings. The van der Waals surface area contributed by atoms with Crippen LogP contribution < -0.4 is 21.1 Å². The fourth-order valence-corrected chi connectivity index (χ4v) is 4.75. The van der Waals surface area contributed by atoms with E-state index in [9.17, 15) is 14.4 Å². The Morgan fingerprint density at radius 3 is 2.85 bits per heavy atom. The summed E-state index contributed by atoms with van der Waals surface area (Å²) in [6.07, 6.45) is 7.83. The van der Waals surface area contributed by atoms with Crippen LogP contribution in [0.15, 0.2) is 48.8 Å². The Hall–Kier alpha value is -5.00. The molecule has 0 fully saturated rings. The van der Waals surface area contributed by atoms with Crippen molar-refractivity contribution in [2.24, 2.45) is 5.73 Å². The Morgan fingerprint density at radius 2 is 2.10 bits per heavy atom. The highest BCUT2D eigenvalue weighted by Crippen LogP contribution is 2.38. The Labute approximate surface area is 230 Å². The summed E-state index contributed by atoms with van der Waals surface area (Å²) >= 11 is 0. The van der Waals surface area contributed by atoms with Gasteiger partial charge in [0.05, 0.1) is 17.3 Å². The minimum Gasteiger partial charge on any atom is -0.489 e. The summed E-state index contributed by atoms with van der Waals surface area (Å²) in [4.78, 5) is 46.1. The number of ether oxygens (including phenoxy) is 1. The molecule has 0 saturated carbocycles. The van der Waals surface area contributed by atoms with Gasteiger partial charge in [-0.1, -0.05) is 6.07 Å². The Morgan fingerprint density at radius 1 is 1.25 bits per heavy atom. The zero-order valence-corrected chi connectivity index (χ0v) is 22.3. The number of imidazole rings is 1. The van der Waals surface area contributed by atoms with Gasteiger partial charge in [0.2, 0.25) is 17.8 Å². The van der Waals surface area contributed by atoms with Gasteiger partial charge in [0.25, 0.3) is 5.91 Å². The van der Waals surface area contributed by atoms with Crippen LogP contribution in [0.25, 0.3) is 17.1 Å². The summed E-state index contributed by atoms with van der Waals surface area (Å²) in [5.41, 5.74) is 8.93. The smallest absolute Gasteiger partial charge is 0.276 e. The van der Waals surface area contributed by atoms with E-state index in [1.165, 1.54) is 6.08 Å². The minimum atomic E-state index is -0.598. The minimum absolute atomic E-state index is 0.173. The van der Waals surface area contributed by atoms with Crippen molar-refractivity contribution in [2.45, 2.75) is 39.3 Å². The largest absolute Gasteiger partial charge is 0.489 e. The Bertz CT molecular complexity index is 1610. The van der Waals surface area contributed by atoms with E-state index in [2.05, 4.69) is 25.7 Å². The molecule has 4 N–H and O–H groups in total. The van der Waals surface area contributed by atoms with Gasteiger partial charge in [0.15, 0.2) is 0 Å². The molecule has 12 nitrogen and oxygen atoms in total. The topological polar surface area (TPSA) is 159 Å². The maximum Gasteiger partial charge on any atom is 0.276 e. The zero-order chi connectivity index (χ0) is 28.2. The highest BCUT2D eigenvalue weighted by atomic mass is 16.5. The van der Waals surface area contributed by atoms with Crippen LogP contribution in [0, 0.1) is 6.92 Å². The van der Waals surface area contributed by atoms with Crippen molar-refractivity contribution in [3.05, 3.63) is 71.3 Å². The summed E-state index contributed by atoms with van der Waals surface area (Å²) in [5.74, 6) is -0.336. The molecule has 206 valence electrons. The van der Waals surface area contributed by atoms with Gasteiger partial charge in [-0.25, -0.2) is 4.98 Å². The van der Waals surface area contributed by atoms with Crippen LogP contribution in [0.4, 0.5) is 5.95 Å². The number of primary amides is 1. The van der Waals surface area contributed by atoms with Crippen molar-refractivity contribution in [1.82, 2.24) is 29.6 Å². The van der Waals surface area contributed by atoms with Crippen LogP contribution in [0.2, 0.25) is 0 Å². The van der Waals surface area contributed by atoms with Crippen molar-refractivity contribution >= 4 is 40.8 Å². The van der Waals surface area contributed by atoms with Gasteiger partial charge < -0.3 is 20.4 Å². The van der Waals surface area contributed by atoms with Crippen LogP contribution in [-0.4, -0.2) is 55.2 Å². The lowest BCUT2D eigenvalue weighted by atomic mass is 10.1. The number of nitrogens with zero attached hydrogens (tertiary/aromatic N) is 5. The fraction of sp³-hybridized carbons (Fsp3) is 0.286. The molecule has 5 rings (SSSR count). The van der Waals surface area contributed by atoms with Crippen molar-refractivity contribution in [3.63, 3.8) is 0 Å². The molecule has 4 heterocycles. The monoisotopic (exact) mass is 542 g/mol. The number of anilines is 1. The van der Waals surface area contributed by atoms with E-state index in [4.69, 9.17) is 10.5 Å². The summed E-state index contributed by atoms with van der Waals surface area (Å²) in [5, 5.41) is 10.2. The summed E-state index contributed by atoms with van der Waals surface area (Å²) in [6.45, 7) is 5.03. The van der Waals surface area contributed by atoms with Gasteiger partial charge >= 0.3 is 0 Å². The predicted octanol–water partition coefficient (Wildman–Crippen LogP) is 2.85. The summed E-state index contributed by atoms with van der Waals surface area (Å²) < 4.78 is 9.57. The van der Waals surface area contributed by atoms with Crippen molar-refractivity contribution in [2.75, 3.05) is 18.5 Å². The highest BCUT2D eigenvalue weighted by Gasteiger charge is 2.29. The molecule has 1 aromatic carbocycles. The molecule has 0 spiro atoms. The first kappa shape index (κ1) is 26.6. The van der Waals surface area contributed by atoms with Crippen molar-refractivity contribution in [1.29, 1.82) is 0 Å². The van der Waals surface area contributed by atoms with E-state index in [1.54, 1.807) is 47.4 Å². The third-order valence-electron chi connectivity index (χ3n) is 6.62. The van der Waals surface area contributed by atoms with E-state index >= 15 is 0 Å². The number of nitrogens with one attached hydrogen (secondary N) is 2. The van der Waals surface area contributed by atoms with Crippen LogP contribution in [0.5, 0.6) is 5.75 Å². The van der Waals surface area contributed by atoms with Crippen molar-refractivity contribution < 1.29 is 19.1 Å². The maximum absolute atomic E-state index is 13.2. The van der Waals surface area contributed by atoms with Gasteiger partial charge in [-0.3, -0.25) is 29.4 Å². The number of rotatable bonds is 10. The van der Waals surface area contributed by atoms with E-state index in [-0.39, 0.29) is 23.4 Å². The maximum atomic E-state index is 13.2. The SMILES string of the molecule is CCn1nc(C)cc1C(=O)Nc1nc2cc(C(N)=O)cc3c2n1[C@@H](CCCNC(=O)/C=C/c1cccnc1)CO3. The van der Waals surface area contributed by atoms with E-state index < -0.39 is 5.91 Å². The number of amides is 3. The quantitative estimate of drug-likeness (QED) is 0.205. The summed E-state index contributed by atoms with van der Waals surface area (Å²) in [6, 6.07) is 8.40. The second-order valence-corrected chi connectivity index (χ2v) is 9.47. The number of nitrogens with two attached hydrogens (primary N) is 1. The molecule has 1 aliphatic heterocycles. The van der Waals surface area contributed by atoms with Crippen LogP contribution in [-0.2, 0) is 11.3 Å².